The van der Waals surface area contributed by atoms with E-state index in [2.05, 4.69) is 16.4 Å². The average molecular weight is 235 g/mol. The summed E-state index contributed by atoms with van der Waals surface area (Å²) in [6, 6.07) is 0. The molecule has 0 N–H and O–H groups in total. The summed E-state index contributed by atoms with van der Waals surface area (Å²) in [6.45, 7) is 4.64. The summed E-state index contributed by atoms with van der Waals surface area (Å²) in [6.07, 6.45) is -2.95. The van der Waals surface area contributed by atoms with Gasteiger partial charge in [-0.1, -0.05) is 0 Å². The van der Waals surface area contributed by atoms with Gasteiger partial charge in [-0.2, -0.15) is 0 Å². The lowest BCUT2D eigenvalue weighted by Crippen LogP contribution is -2.33. The van der Waals surface area contributed by atoms with Crippen LogP contribution in [0.4, 0.5) is 8.78 Å². The van der Waals surface area contributed by atoms with Crippen molar-refractivity contribution in [1.82, 2.24) is 0 Å². The third kappa shape index (κ3) is 1.96. The number of ether oxygens (including phenoxy) is 2. The van der Waals surface area contributed by atoms with E-state index in [1.54, 1.807) is 0 Å². The first-order valence-electron chi connectivity index (χ1n) is 4.92. The van der Waals surface area contributed by atoms with Crippen LogP contribution >= 0.6 is 0 Å². The van der Waals surface area contributed by atoms with E-state index in [9.17, 15) is 18.4 Å². The van der Waals surface area contributed by atoms with Crippen LogP contribution in [0.15, 0.2) is 0 Å². The third-order valence-electron chi connectivity index (χ3n) is 2.56. The molecule has 16 heavy (non-hydrogen) atoms. The van der Waals surface area contributed by atoms with Crippen LogP contribution in [0.1, 0.15) is 13.3 Å². The Morgan fingerprint density at radius 1 is 1.44 bits per heavy atom. The predicted octanol–water partition coefficient (Wildman–Crippen LogP) is 1.20. The van der Waals surface area contributed by atoms with Crippen molar-refractivity contribution in [1.29, 1.82) is 0 Å². The standard InChI is InChI=1S/C10H13F2O4/c1-3-15-8(13)10(9(14)16-4-2)5-6(10)7(11)12/h6-7H,1,3-5H2,2H3/q+1/t6?,10-/m0/s1. The monoisotopic (exact) mass is 235 g/mol. The van der Waals surface area contributed by atoms with Crippen molar-refractivity contribution in [2.45, 2.75) is 19.8 Å². The molecule has 1 saturated carbocycles. The van der Waals surface area contributed by atoms with Crippen LogP contribution in [0.5, 0.6) is 0 Å². The van der Waals surface area contributed by atoms with Crippen LogP contribution in [0.25, 0.3) is 0 Å². The van der Waals surface area contributed by atoms with Gasteiger partial charge < -0.3 is 9.47 Å². The molecule has 0 spiro atoms. The van der Waals surface area contributed by atoms with Crippen molar-refractivity contribution in [3.8, 4) is 0 Å². The summed E-state index contributed by atoms with van der Waals surface area (Å²) in [4.78, 5) is 22.9. The van der Waals surface area contributed by atoms with Gasteiger partial charge in [-0.05, 0) is 13.3 Å². The quantitative estimate of drug-likeness (QED) is 0.408. The minimum atomic E-state index is -2.73. The Hall–Kier alpha value is -1.33. The van der Waals surface area contributed by atoms with Crippen LogP contribution in [-0.4, -0.2) is 31.6 Å². The average Bonchev–Trinajstić information content (AvgIpc) is 2.94. The van der Waals surface area contributed by atoms with Crippen molar-refractivity contribution < 1.29 is 27.8 Å². The molecule has 0 aliphatic heterocycles. The zero-order valence-electron chi connectivity index (χ0n) is 8.87. The number of halogens is 2. The molecule has 1 rings (SSSR count). The van der Waals surface area contributed by atoms with Gasteiger partial charge in [0.05, 0.1) is 6.61 Å². The highest BCUT2D eigenvalue weighted by molar-refractivity contribution is 6.04. The maximum Gasteiger partial charge on any atom is 0.327 e. The molecule has 0 aromatic rings. The molecular weight excluding hydrogens is 222 g/mol. The van der Waals surface area contributed by atoms with Crippen LogP contribution in [0, 0.1) is 18.3 Å². The van der Waals surface area contributed by atoms with E-state index in [0.717, 1.165) is 0 Å². The van der Waals surface area contributed by atoms with Gasteiger partial charge in [-0.3, -0.25) is 9.59 Å². The fourth-order valence-corrected chi connectivity index (χ4v) is 1.63. The van der Waals surface area contributed by atoms with E-state index in [-0.39, 0.29) is 19.6 Å². The Morgan fingerprint density at radius 2 is 2.00 bits per heavy atom. The molecule has 0 saturated heterocycles. The first-order valence-corrected chi connectivity index (χ1v) is 4.92. The molecule has 0 aromatic carbocycles. The van der Waals surface area contributed by atoms with Crippen molar-refractivity contribution in [2.24, 2.45) is 11.3 Å². The Kier molecular flexibility index (Phi) is 3.72. The second-order valence-corrected chi connectivity index (χ2v) is 3.47. The second-order valence-electron chi connectivity index (χ2n) is 3.47. The van der Waals surface area contributed by atoms with E-state index in [1.165, 1.54) is 6.92 Å². The predicted molar refractivity (Wildman–Crippen MR) is 49.5 cm³/mol. The molecule has 0 heterocycles. The van der Waals surface area contributed by atoms with Gasteiger partial charge in [0.25, 0.3) is 0 Å². The number of carbonyl (C=O) groups is 2. The van der Waals surface area contributed by atoms with Gasteiger partial charge in [0.2, 0.25) is 13.0 Å². The van der Waals surface area contributed by atoms with Crippen LogP contribution in [0.2, 0.25) is 0 Å². The molecule has 0 aromatic heterocycles. The zero-order valence-corrected chi connectivity index (χ0v) is 8.87. The molecule has 4 nitrogen and oxygen atoms in total. The maximum atomic E-state index is 12.5. The minimum Gasteiger partial charge on any atom is -0.465 e. The number of hydrogen-bond donors (Lipinski definition) is 0. The molecule has 1 unspecified atom stereocenters. The van der Waals surface area contributed by atoms with E-state index in [4.69, 9.17) is 0 Å². The van der Waals surface area contributed by atoms with Gasteiger partial charge in [-0.15, -0.1) is 0 Å². The van der Waals surface area contributed by atoms with Gasteiger partial charge in [0.1, 0.15) is 6.92 Å². The number of hydrogen-bond acceptors (Lipinski definition) is 4. The molecule has 0 amide bonds. The van der Waals surface area contributed by atoms with Gasteiger partial charge >= 0.3 is 11.9 Å². The lowest BCUT2D eigenvalue weighted by Gasteiger charge is -2.13. The Morgan fingerprint density at radius 3 is 2.38 bits per heavy atom. The number of carbonyl (C=O) groups excluding carboxylic acids is 2. The van der Waals surface area contributed by atoms with Crippen LogP contribution in [0.3, 0.4) is 0 Å². The normalized spacial score (nSPS) is 27.6. The Balaban J connectivity index is 2.81. The highest BCUT2D eigenvalue weighted by Gasteiger charge is 2.71. The zero-order chi connectivity index (χ0) is 12.3. The fraction of sp³-hybridized carbons (Fsp3) is 0.700. The van der Waals surface area contributed by atoms with E-state index < -0.39 is 29.7 Å². The maximum absolute atomic E-state index is 12.5. The molecule has 1 aliphatic rings. The molecule has 2 atom stereocenters. The van der Waals surface area contributed by atoms with Crippen molar-refractivity contribution in [3.63, 3.8) is 0 Å². The van der Waals surface area contributed by atoms with Crippen molar-refractivity contribution in [3.05, 3.63) is 6.92 Å². The summed E-state index contributed by atoms with van der Waals surface area (Å²) in [5, 5.41) is 0. The van der Waals surface area contributed by atoms with Gasteiger partial charge in [-0.25, -0.2) is 8.78 Å². The number of alkyl halides is 2. The van der Waals surface area contributed by atoms with E-state index in [0.29, 0.717) is 0 Å². The Bertz CT molecular complexity index is 273. The largest absolute Gasteiger partial charge is 0.465 e. The summed E-state index contributed by atoms with van der Waals surface area (Å²) in [7, 11) is 0. The smallest absolute Gasteiger partial charge is 0.327 e. The highest BCUT2D eigenvalue weighted by atomic mass is 19.3. The summed E-state index contributed by atoms with van der Waals surface area (Å²) in [5.41, 5.74) is -1.80. The Labute approximate surface area is 91.9 Å². The highest BCUT2D eigenvalue weighted by Crippen LogP contribution is 2.57. The minimum absolute atomic E-state index is 0.0359. The van der Waals surface area contributed by atoms with E-state index >= 15 is 0 Å². The molecular formula is C10H13F2O4+. The van der Waals surface area contributed by atoms with Crippen molar-refractivity contribution in [2.75, 3.05) is 13.2 Å². The first-order chi connectivity index (χ1) is 7.50. The number of rotatable bonds is 5. The lowest BCUT2D eigenvalue weighted by molar-refractivity contribution is -0.165. The molecule has 90 valence electrons. The topological polar surface area (TPSA) is 52.6 Å². The summed E-state index contributed by atoms with van der Waals surface area (Å²) >= 11 is 0. The summed E-state index contributed by atoms with van der Waals surface area (Å²) in [5.74, 6) is -3.20. The SMILES string of the molecule is [CH2+]COC(=O)[C@]1(C(=O)OCC)CC1C(F)F. The fourth-order valence-electron chi connectivity index (χ4n) is 1.63. The number of esters is 2. The molecule has 0 bridgehead atoms. The lowest BCUT2D eigenvalue weighted by atomic mass is 10.0. The van der Waals surface area contributed by atoms with Crippen LogP contribution in [-0.2, 0) is 19.1 Å². The molecule has 0 radical (unpaired) electrons. The molecule has 1 aliphatic carbocycles. The van der Waals surface area contributed by atoms with Crippen LogP contribution < -0.4 is 0 Å². The van der Waals surface area contributed by atoms with Gasteiger partial charge in [0, 0.05) is 5.92 Å². The molecule has 1 fully saturated rings. The second kappa shape index (κ2) is 4.67. The molecule has 6 heteroatoms. The third-order valence-corrected chi connectivity index (χ3v) is 2.56. The summed E-state index contributed by atoms with van der Waals surface area (Å²) < 4.78 is 34.1. The first kappa shape index (κ1) is 12.7. The van der Waals surface area contributed by atoms with E-state index in [1.807, 2.05) is 0 Å². The van der Waals surface area contributed by atoms with Crippen molar-refractivity contribution >= 4 is 11.9 Å². The van der Waals surface area contributed by atoms with Gasteiger partial charge in [0.15, 0.2) is 5.41 Å².